The SMILES string of the molecule is CCc1nn(C)c(Cn2ccnc2CC(C)N)c1Cl. The predicted molar refractivity (Wildman–Crippen MR) is 76.3 cm³/mol. The maximum Gasteiger partial charge on any atom is 0.110 e. The zero-order valence-corrected chi connectivity index (χ0v) is 12.4. The van der Waals surface area contributed by atoms with Gasteiger partial charge in [-0.2, -0.15) is 5.10 Å². The summed E-state index contributed by atoms with van der Waals surface area (Å²) in [6, 6.07) is 0.0920. The molecule has 1 unspecified atom stereocenters. The first-order chi connectivity index (χ1) is 9.02. The van der Waals surface area contributed by atoms with Crippen LogP contribution < -0.4 is 5.73 Å². The second-order valence-corrected chi connectivity index (χ2v) is 5.22. The Morgan fingerprint density at radius 3 is 2.79 bits per heavy atom. The number of aryl methyl sites for hydroxylation is 2. The van der Waals surface area contributed by atoms with Crippen molar-refractivity contribution in [1.29, 1.82) is 0 Å². The van der Waals surface area contributed by atoms with Gasteiger partial charge in [-0.05, 0) is 13.3 Å². The van der Waals surface area contributed by atoms with Crippen LogP contribution in [0.2, 0.25) is 5.02 Å². The molecule has 0 radical (unpaired) electrons. The Kier molecular flexibility index (Phi) is 4.27. The van der Waals surface area contributed by atoms with Crippen molar-refractivity contribution in [3.63, 3.8) is 0 Å². The lowest BCUT2D eigenvalue weighted by Crippen LogP contribution is -2.21. The average molecular weight is 282 g/mol. The Balaban J connectivity index is 2.26. The highest BCUT2D eigenvalue weighted by Gasteiger charge is 2.15. The summed E-state index contributed by atoms with van der Waals surface area (Å²) in [5, 5.41) is 5.18. The van der Waals surface area contributed by atoms with Gasteiger partial charge < -0.3 is 10.3 Å². The Bertz CT molecular complexity index is 555. The Morgan fingerprint density at radius 1 is 1.47 bits per heavy atom. The van der Waals surface area contributed by atoms with Crippen LogP contribution in [0.4, 0.5) is 0 Å². The summed E-state index contributed by atoms with van der Waals surface area (Å²) in [5.74, 6) is 0.977. The molecule has 0 aromatic carbocycles. The predicted octanol–water partition coefficient (Wildman–Crippen LogP) is 1.77. The summed E-state index contributed by atoms with van der Waals surface area (Å²) in [7, 11) is 1.92. The van der Waals surface area contributed by atoms with E-state index in [1.807, 2.05) is 24.9 Å². The van der Waals surface area contributed by atoms with Crippen molar-refractivity contribution in [3.8, 4) is 0 Å². The van der Waals surface area contributed by atoms with Crippen LogP contribution >= 0.6 is 11.6 Å². The summed E-state index contributed by atoms with van der Waals surface area (Å²) in [4.78, 5) is 4.35. The van der Waals surface area contributed by atoms with E-state index >= 15 is 0 Å². The molecule has 0 aliphatic rings. The largest absolute Gasteiger partial charge is 0.329 e. The number of imidazole rings is 1. The van der Waals surface area contributed by atoms with Crippen molar-refractivity contribution in [2.45, 2.75) is 39.3 Å². The maximum absolute atomic E-state index is 6.36. The quantitative estimate of drug-likeness (QED) is 0.909. The lowest BCUT2D eigenvalue weighted by Gasteiger charge is -2.10. The summed E-state index contributed by atoms with van der Waals surface area (Å²) in [6.07, 6.45) is 5.34. The van der Waals surface area contributed by atoms with Gasteiger partial charge in [-0.15, -0.1) is 0 Å². The van der Waals surface area contributed by atoms with Crippen LogP contribution in [0.3, 0.4) is 0 Å². The van der Waals surface area contributed by atoms with E-state index in [0.29, 0.717) is 6.54 Å². The molecule has 1 atom stereocenters. The Labute approximate surface area is 118 Å². The molecule has 2 rings (SSSR count). The van der Waals surface area contributed by atoms with Crippen molar-refractivity contribution in [2.75, 3.05) is 0 Å². The first-order valence-corrected chi connectivity index (χ1v) is 6.86. The molecule has 19 heavy (non-hydrogen) atoms. The van der Waals surface area contributed by atoms with Gasteiger partial charge in [-0.25, -0.2) is 4.98 Å². The van der Waals surface area contributed by atoms with E-state index in [-0.39, 0.29) is 6.04 Å². The van der Waals surface area contributed by atoms with Crippen LogP contribution in [0.25, 0.3) is 0 Å². The number of nitrogens with two attached hydrogens (primary N) is 1. The summed E-state index contributed by atoms with van der Waals surface area (Å²) < 4.78 is 3.92. The normalized spacial score (nSPS) is 12.9. The van der Waals surface area contributed by atoms with Crippen molar-refractivity contribution < 1.29 is 0 Å². The maximum atomic E-state index is 6.36. The Morgan fingerprint density at radius 2 is 2.21 bits per heavy atom. The van der Waals surface area contributed by atoms with Gasteiger partial charge >= 0.3 is 0 Å². The zero-order valence-electron chi connectivity index (χ0n) is 11.6. The summed E-state index contributed by atoms with van der Waals surface area (Å²) in [5.41, 5.74) is 7.77. The molecule has 0 aliphatic carbocycles. The van der Waals surface area contributed by atoms with E-state index in [9.17, 15) is 0 Å². The molecule has 0 bridgehead atoms. The van der Waals surface area contributed by atoms with E-state index < -0.39 is 0 Å². The van der Waals surface area contributed by atoms with Crippen molar-refractivity contribution >= 4 is 11.6 Å². The van der Waals surface area contributed by atoms with Gasteiger partial charge in [0.1, 0.15) is 5.82 Å². The standard InChI is InChI=1S/C13H20ClN5/c1-4-10-13(14)11(18(3)17-10)8-19-6-5-16-12(19)7-9(2)15/h5-6,9H,4,7-8,15H2,1-3H3. The minimum Gasteiger partial charge on any atom is -0.329 e. The van der Waals surface area contributed by atoms with Crippen LogP contribution in [0, 0.1) is 0 Å². The van der Waals surface area contributed by atoms with Crippen LogP contribution in [-0.2, 0) is 26.4 Å². The third kappa shape index (κ3) is 2.98. The number of nitrogens with zero attached hydrogens (tertiary/aromatic N) is 4. The highest BCUT2D eigenvalue weighted by molar-refractivity contribution is 6.31. The Hall–Kier alpha value is -1.33. The fraction of sp³-hybridized carbons (Fsp3) is 0.538. The third-order valence-electron chi connectivity index (χ3n) is 3.13. The van der Waals surface area contributed by atoms with Gasteiger partial charge in [0.15, 0.2) is 0 Å². The molecule has 0 saturated heterocycles. The summed E-state index contributed by atoms with van der Waals surface area (Å²) >= 11 is 6.36. The monoisotopic (exact) mass is 281 g/mol. The molecule has 0 fully saturated rings. The molecule has 6 heteroatoms. The lowest BCUT2D eigenvalue weighted by atomic mass is 10.2. The molecule has 2 heterocycles. The van der Waals surface area contributed by atoms with Crippen LogP contribution in [-0.4, -0.2) is 25.4 Å². The smallest absolute Gasteiger partial charge is 0.110 e. The van der Waals surface area contributed by atoms with Gasteiger partial charge in [0.25, 0.3) is 0 Å². The fourth-order valence-corrected chi connectivity index (χ4v) is 2.47. The second-order valence-electron chi connectivity index (χ2n) is 4.84. The molecule has 0 aliphatic heterocycles. The number of rotatable bonds is 5. The number of aromatic nitrogens is 4. The molecule has 5 nitrogen and oxygen atoms in total. The molecule has 0 amide bonds. The van der Waals surface area contributed by atoms with E-state index in [1.54, 1.807) is 6.20 Å². The van der Waals surface area contributed by atoms with Gasteiger partial charge in [-0.1, -0.05) is 18.5 Å². The number of hydrogen-bond acceptors (Lipinski definition) is 3. The topological polar surface area (TPSA) is 61.7 Å². The molecule has 2 aromatic rings. The van der Waals surface area contributed by atoms with E-state index in [4.69, 9.17) is 17.3 Å². The number of halogens is 1. The van der Waals surface area contributed by atoms with Gasteiger partial charge in [0, 0.05) is 31.9 Å². The van der Waals surface area contributed by atoms with Crippen LogP contribution in [0.5, 0.6) is 0 Å². The average Bonchev–Trinajstić information content (AvgIpc) is 2.88. The van der Waals surface area contributed by atoms with E-state index in [1.165, 1.54) is 0 Å². The fourth-order valence-electron chi connectivity index (χ4n) is 2.11. The number of hydrogen-bond donors (Lipinski definition) is 1. The molecular weight excluding hydrogens is 262 g/mol. The molecular formula is C13H20ClN5. The molecule has 2 N–H and O–H groups in total. The van der Waals surface area contributed by atoms with E-state index in [0.717, 1.165) is 35.1 Å². The van der Waals surface area contributed by atoms with Crippen LogP contribution in [0.15, 0.2) is 12.4 Å². The van der Waals surface area contributed by atoms with Gasteiger partial charge in [0.05, 0.1) is 23.0 Å². The minimum atomic E-state index is 0.0920. The highest BCUT2D eigenvalue weighted by atomic mass is 35.5. The highest BCUT2D eigenvalue weighted by Crippen LogP contribution is 2.22. The van der Waals surface area contributed by atoms with Gasteiger partial charge in [0.2, 0.25) is 0 Å². The van der Waals surface area contributed by atoms with Crippen molar-refractivity contribution in [3.05, 3.63) is 34.6 Å². The molecule has 0 spiro atoms. The zero-order chi connectivity index (χ0) is 14.0. The molecule has 2 aromatic heterocycles. The van der Waals surface area contributed by atoms with E-state index in [2.05, 4.69) is 21.6 Å². The first-order valence-electron chi connectivity index (χ1n) is 6.48. The van der Waals surface area contributed by atoms with Crippen molar-refractivity contribution in [1.82, 2.24) is 19.3 Å². The molecule has 0 saturated carbocycles. The van der Waals surface area contributed by atoms with Crippen LogP contribution in [0.1, 0.15) is 31.1 Å². The van der Waals surface area contributed by atoms with Crippen molar-refractivity contribution in [2.24, 2.45) is 12.8 Å². The minimum absolute atomic E-state index is 0.0920. The van der Waals surface area contributed by atoms with Gasteiger partial charge in [-0.3, -0.25) is 4.68 Å². The third-order valence-corrected chi connectivity index (χ3v) is 3.57. The summed E-state index contributed by atoms with van der Waals surface area (Å²) in [6.45, 7) is 4.70. The second kappa shape index (κ2) is 5.75. The first kappa shape index (κ1) is 14.1. The molecule has 104 valence electrons. The lowest BCUT2D eigenvalue weighted by molar-refractivity contribution is 0.615.